The largest absolute Gasteiger partial charge is 0.456 e. The lowest BCUT2D eigenvalue weighted by Gasteiger charge is -2.62. The fraction of sp³-hybridized carbons (Fsp3) is 0.821. The van der Waals surface area contributed by atoms with Gasteiger partial charge in [0.05, 0.1) is 12.2 Å². The van der Waals surface area contributed by atoms with Crippen molar-refractivity contribution >= 4 is 5.97 Å². The van der Waals surface area contributed by atoms with Gasteiger partial charge >= 0.3 is 5.97 Å². The number of esters is 1. The van der Waals surface area contributed by atoms with E-state index in [2.05, 4.69) is 13.8 Å². The summed E-state index contributed by atoms with van der Waals surface area (Å²) >= 11 is 0. The predicted molar refractivity (Wildman–Crippen MR) is 126 cm³/mol. The Morgan fingerprint density at radius 1 is 1.15 bits per heavy atom. The summed E-state index contributed by atoms with van der Waals surface area (Å²) in [6.45, 7) is 10.0. The Bertz CT molecular complexity index is 983. The van der Waals surface area contributed by atoms with E-state index >= 15 is 0 Å². The molecule has 2 aliphatic heterocycles. The van der Waals surface area contributed by atoms with Gasteiger partial charge in [0.2, 0.25) is 0 Å². The molecule has 6 heteroatoms. The normalized spacial score (nSPS) is 55.5. The minimum absolute atomic E-state index is 0.0111. The van der Waals surface area contributed by atoms with E-state index in [0.717, 1.165) is 31.3 Å². The molecule has 6 rings (SSSR count). The molecule has 3 N–H and O–H groups in total. The van der Waals surface area contributed by atoms with Crippen LogP contribution in [-0.4, -0.2) is 56.9 Å². The van der Waals surface area contributed by atoms with Crippen LogP contribution >= 0.6 is 0 Å². The molecular weight excluding hydrogens is 432 g/mol. The average Bonchev–Trinajstić information content (AvgIpc) is 3.49. The van der Waals surface area contributed by atoms with Crippen molar-refractivity contribution in [2.75, 3.05) is 0 Å². The fourth-order valence-electron chi connectivity index (χ4n) is 9.54. The maximum absolute atomic E-state index is 12.4. The molecule has 0 amide bonds. The number of fused-ring (bicyclic) bond motifs is 8. The molecule has 0 aromatic heterocycles. The zero-order valence-corrected chi connectivity index (χ0v) is 21.1. The van der Waals surface area contributed by atoms with Gasteiger partial charge in [0, 0.05) is 17.4 Å². The molecule has 6 nitrogen and oxygen atoms in total. The molecule has 0 aromatic rings. The van der Waals surface area contributed by atoms with Crippen LogP contribution in [0.15, 0.2) is 23.3 Å². The first-order chi connectivity index (χ1) is 15.9. The third-order valence-corrected chi connectivity index (χ3v) is 11.8. The number of ether oxygens (including phenoxy) is 2. The van der Waals surface area contributed by atoms with Crippen molar-refractivity contribution in [2.45, 2.75) is 109 Å². The minimum Gasteiger partial charge on any atom is -0.456 e. The number of aliphatic hydroxyl groups excluding tert-OH is 1. The first kappa shape index (κ1) is 23.2. The van der Waals surface area contributed by atoms with Crippen LogP contribution < -0.4 is 0 Å². The molecule has 0 radical (unpaired) electrons. The van der Waals surface area contributed by atoms with Gasteiger partial charge in [0.25, 0.3) is 0 Å². The molecular formula is C28H40O6. The SMILES string of the molecule is CC1=C(C)C(=O)O[C@@H]([C@](C)(O)[C@H]2CC[C@H]3[C@@H]4[C@@H]5O[C@@H]5[C@@]5(O)CC=C[C@H](O)[C@]5(C)[C@H]4CC[C@]23C)C1. The molecule has 0 aromatic carbocycles. The molecule has 12 atom stereocenters. The van der Waals surface area contributed by atoms with E-state index in [-0.39, 0.29) is 41.3 Å². The van der Waals surface area contributed by atoms with Crippen molar-refractivity contribution in [1.82, 2.24) is 0 Å². The van der Waals surface area contributed by atoms with Crippen molar-refractivity contribution in [3.63, 3.8) is 0 Å². The summed E-state index contributed by atoms with van der Waals surface area (Å²) in [5.41, 5.74) is -1.24. The second-order valence-electron chi connectivity index (χ2n) is 13.0. The molecule has 3 saturated carbocycles. The maximum Gasteiger partial charge on any atom is 0.334 e. The van der Waals surface area contributed by atoms with Crippen LogP contribution in [0.2, 0.25) is 0 Å². The molecule has 34 heavy (non-hydrogen) atoms. The number of carbonyl (C=O) groups excluding carboxylic acids is 1. The third-order valence-electron chi connectivity index (χ3n) is 11.8. The van der Waals surface area contributed by atoms with E-state index in [4.69, 9.17) is 9.47 Å². The highest BCUT2D eigenvalue weighted by Crippen LogP contribution is 2.72. The first-order valence-corrected chi connectivity index (χ1v) is 13.2. The highest BCUT2D eigenvalue weighted by Gasteiger charge is 2.77. The number of cyclic esters (lactones) is 1. The summed E-state index contributed by atoms with van der Waals surface area (Å²) in [6, 6.07) is 0. The Labute approximate surface area is 202 Å². The van der Waals surface area contributed by atoms with Crippen molar-refractivity contribution in [3.05, 3.63) is 23.3 Å². The van der Waals surface area contributed by atoms with Crippen molar-refractivity contribution in [2.24, 2.45) is 34.5 Å². The predicted octanol–water partition coefficient (Wildman–Crippen LogP) is 3.29. The molecule has 0 unspecified atom stereocenters. The lowest BCUT2D eigenvalue weighted by molar-refractivity contribution is -0.215. The number of carbonyl (C=O) groups is 1. The van der Waals surface area contributed by atoms with Gasteiger partial charge in [0.15, 0.2) is 0 Å². The van der Waals surface area contributed by atoms with E-state index in [1.807, 2.05) is 26.0 Å². The lowest BCUT2D eigenvalue weighted by atomic mass is 9.43. The van der Waals surface area contributed by atoms with E-state index < -0.39 is 28.8 Å². The van der Waals surface area contributed by atoms with Gasteiger partial charge in [-0.05, 0) is 82.0 Å². The van der Waals surface area contributed by atoms with Gasteiger partial charge in [-0.3, -0.25) is 0 Å². The Hall–Kier alpha value is -1.21. The molecule has 1 saturated heterocycles. The Morgan fingerprint density at radius 3 is 2.59 bits per heavy atom. The zero-order valence-electron chi connectivity index (χ0n) is 21.1. The zero-order chi connectivity index (χ0) is 24.4. The topological polar surface area (TPSA) is 99.5 Å². The maximum atomic E-state index is 12.4. The molecule has 4 fully saturated rings. The second-order valence-corrected chi connectivity index (χ2v) is 13.0. The molecule has 2 heterocycles. The van der Waals surface area contributed by atoms with E-state index in [9.17, 15) is 20.1 Å². The average molecular weight is 473 g/mol. The van der Waals surface area contributed by atoms with Crippen LogP contribution in [0.1, 0.15) is 73.1 Å². The van der Waals surface area contributed by atoms with Crippen LogP contribution in [0.25, 0.3) is 0 Å². The number of rotatable bonds is 2. The minimum atomic E-state index is -1.12. The number of hydrogen-bond donors (Lipinski definition) is 3. The van der Waals surface area contributed by atoms with Gasteiger partial charge in [-0.25, -0.2) is 4.79 Å². The number of aliphatic hydroxyl groups is 3. The van der Waals surface area contributed by atoms with Crippen LogP contribution in [-0.2, 0) is 14.3 Å². The highest BCUT2D eigenvalue weighted by atomic mass is 16.6. The van der Waals surface area contributed by atoms with Crippen LogP contribution in [0.3, 0.4) is 0 Å². The van der Waals surface area contributed by atoms with E-state index in [0.29, 0.717) is 24.3 Å². The fourth-order valence-corrected chi connectivity index (χ4v) is 9.54. The highest BCUT2D eigenvalue weighted by molar-refractivity contribution is 5.89. The smallest absolute Gasteiger partial charge is 0.334 e. The summed E-state index contributed by atoms with van der Waals surface area (Å²) in [5, 5.41) is 34.8. The third kappa shape index (κ3) is 2.64. The van der Waals surface area contributed by atoms with E-state index in [1.54, 1.807) is 6.92 Å². The van der Waals surface area contributed by atoms with Crippen molar-refractivity contribution < 1.29 is 29.6 Å². The van der Waals surface area contributed by atoms with Crippen molar-refractivity contribution in [1.29, 1.82) is 0 Å². The van der Waals surface area contributed by atoms with E-state index in [1.165, 1.54) is 0 Å². The summed E-state index contributed by atoms with van der Waals surface area (Å²) < 4.78 is 12.0. The lowest BCUT2D eigenvalue weighted by Crippen LogP contribution is -2.68. The first-order valence-electron chi connectivity index (χ1n) is 13.2. The Morgan fingerprint density at radius 2 is 1.88 bits per heavy atom. The van der Waals surface area contributed by atoms with Crippen LogP contribution in [0.4, 0.5) is 0 Å². The molecule has 188 valence electrons. The van der Waals surface area contributed by atoms with Gasteiger partial charge in [-0.1, -0.05) is 31.6 Å². The van der Waals surface area contributed by atoms with Crippen LogP contribution in [0, 0.1) is 34.5 Å². The monoisotopic (exact) mass is 472 g/mol. The summed E-state index contributed by atoms with van der Waals surface area (Å²) in [7, 11) is 0. The summed E-state index contributed by atoms with van der Waals surface area (Å²) in [6.07, 6.45) is 7.13. The molecule has 4 aliphatic carbocycles. The summed E-state index contributed by atoms with van der Waals surface area (Å²) in [4.78, 5) is 12.4. The van der Waals surface area contributed by atoms with Crippen molar-refractivity contribution in [3.8, 4) is 0 Å². The molecule has 6 aliphatic rings. The Balaban J connectivity index is 1.33. The molecule has 0 bridgehead atoms. The Kier molecular flexibility index (Phi) is 4.75. The quantitative estimate of drug-likeness (QED) is 0.324. The summed E-state index contributed by atoms with van der Waals surface area (Å²) in [5.74, 6) is 0.467. The second kappa shape index (κ2) is 6.96. The molecule has 0 spiro atoms. The van der Waals surface area contributed by atoms with Gasteiger partial charge in [-0.15, -0.1) is 0 Å². The number of hydrogen-bond acceptors (Lipinski definition) is 6. The van der Waals surface area contributed by atoms with Crippen LogP contribution in [0.5, 0.6) is 0 Å². The number of epoxide rings is 1. The van der Waals surface area contributed by atoms with Gasteiger partial charge < -0.3 is 24.8 Å². The van der Waals surface area contributed by atoms with Gasteiger partial charge in [0.1, 0.15) is 23.4 Å². The standard InChI is InChI=1S/C28H40O6/c1-14-13-20(33-24(30)15(14)2)27(5,31)18-9-8-16-21-17(10-12-25(16,18)3)26(4)19(29)7-6-11-28(26,32)23-22(21)34-23/h6-7,16-23,29,31-32H,8-13H2,1-5H3/t16-,17-,18-,19-,20+,21-,22-,23-,25-,26-,27+,28-/m0/s1. The van der Waals surface area contributed by atoms with Gasteiger partial charge in [-0.2, -0.15) is 0 Å².